The lowest BCUT2D eigenvalue weighted by Crippen LogP contribution is -2.12. The molecule has 0 atom stereocenters. The molecule has 90 valence electrons. The molecule has 0 N–H and O–H groups in total. The van der Waals surface area contributed by atoms with Crippen molar-refractivity contribution in [3.8, 4) is 6.01 Å². The maximum atomic E-state index is 11.9. The molecule has 0 bridgehead atoms. The highest BCUT2D eigenvalue weighted by atomic mass is 32.2. The summed E-state index contributed by atoms with van der Waals surface area (Å²) in [5, 5.41) is 0. The van der Waals surface area contributed by atoms with Gasteiger partial charge in [-0.2, -0.15) is 8.42 Å². The van der Waals surface area contributed by atoms with Gasteiger partial charge < -0.3 is 8.75 Å². The van der Waals surface area contributed by atoms with Crippen molar-refractivity contribution in [3.05, 3.63) is 42.7 Å². The molecule has 2 rings (SSSR count). The van der Waals surface area contributed by atoms with Crippen molar-refractivity contribution in [2.45, 2.75) is 18.4 Å². The van der Waals surface area contributed by atoms with Crippen molar-refractivity contribution in [2.24, 2.45) is 0 Å². The molecular formula is C11H12N2O3S. The van der Waals surface area contributed by atoms with E-state index in [9.17, 15) is 8.42 Å². The Morgan fingerprint density at radius 1 is 1.29 bits per heavy atom. The predicted molar refractivity (Wildman–Crippen MR) is 62.2 cm³/mol. The predicted octanol–water partition coefficient (Wildman–Crippen LogP) is 1.67. The highest BCUT2D eigenvalue weighted by Gasteiger charge is 2.18. The molecular weight excluding hydrogens is 240 g/mol. The summed E-state index contributed by atoms with van der Waals surface area (Å²) in [7, 11) is -3.80. The van der Waals surface area contributed by atoms with Crippen molar-refractivity contribution in [1.82, 2.24) is 9.55 Å². The lowest BCUT2D eigenvalue weighted by molar-refractivity contribution is 0.445. The van der Waals surface area contributed by atoms with Gasteiger partial charge >= 0.3 is 16.1 Å². The Morgan fingerprint density at radius 3 is 2.65 bits per heavy atom. The first-order valence-electron chi connectivity index (χ1n) is 5.14. The van der Waals surface area contributed by atoms with E-state index in [1.165, 1.54) is 18.3 Å². The Balaban J connectivity index is 2.30. The van der Waals surface area contributed by atoms with E-state index in [-0.39, 0.29) is 10.9 Å². The molecule has 0 fully saturated rings. The zero-order valence-electron chi connectivity index (χ0n) is 9.28. The SMILES string of the molecule is CCn1ccnc1OS(=O)(=O)c1ccccc1. The summed E-state index contributed by atoms with van der Waals surface area (Å²) >= 11 is 0. The third kappa shape index (κ3) is 2.47. The number of benzene rings is 1. The van der Waals surface area contributed by atoms with E-state index >= 15 is 0 Å². The Morgan fingerprint density at radius 2 is 2.00 bits per heavy atom. The van der Waals surface area contributed by atoms with E-state index in [0.717, 1.165) is 0 Å². The number of hydrogen-bond acceptors (Lipinski definition) is 4. The lowest BCUT2D eigenvalue weighted by atomic mass is 10.4. The third-order valence-corrected chi connectivity index (χ3v) is 3.45. The molecule has 0 amide bonds. The van der Waals surface area contributed by atoms with Crippen LogP contribution in [0, 0.1) is 0 Å². The van der Waals surface area contributed by atoms with Gasteiger partial charge in [0.1, 0.15) is 4.90 Å². The maximum absolute atomic E-state index is 11.9. The lowest BCUT2D eigenvalue weighted by Gasteiger charge is -2.07. The van der Waals surface area contributed by atoms with E-state index in [4.69, 9.17) is 4.18 Å². The van der Waals surface area contributed by atoms with Crippen molar-refractivity contribution in [2.75, 3.05) is 0 Å². The van der Waals surface area contributed by atoms with E-state index in [0.29, 0.717) is 6.54 Å². The summed E-state index contributed by atoms with van der Waals surface area (Å²) in [6.45, 7) is 2.48. The second-order valence-electron chi connectivity index (χ2n) is 3.35. The second kappa shape index (κ2) is 4.58. The van der Waals surface area contributed by atoms with Crippen LogP contribution in [-0.2, 0) is 16.7 Å². The highest BCUT2D eigenvalue weighted by molar-refractivity contribution is 7.87. The van der Waals surface area contributed by atoms with Gasteiger partial charge in [-0.25, -0.2) is 4.98 Å². The second-order valence-corrected chi connectivity index (χ2v) is 4.89. The maximum Gasteiger partial charge on any atom is 0.341 e. The summed E-state index contributed by atoms with van der Waals surface area (Å²) < 4.78 is 30.4. The molecule has 0 aliphatic carbocycles. The van der Waals surface area contributed by atoms with Crippen LogP contribution in [0.2, 0.25) is 0 Å². The molecule has 0 spiro atoms. The fourth-order valence-electron chi connectivity index (χ4n) is 1.36. The average molecular weight is 252 g/mol. The van der Waals surface area contributed by atoms with Crippen LogP contribution in [0.4, 0.5) is 0 Å². The number of nitrogens with zero attached hydrogens (tertiary/aromatic N) is 2. The molecule has 17 heavy (non-hydrogen) atoms. The van der Waals surface area contributed by atoms with Gasteiger partial charge in [0, 0.05) is 18.9 Å². The zero-order chi connectivity index (χ0) is 12.3. The summed E-state index contributed by atoms with van der Waals surface area (Å²) in [5.41, 5.74) is 0. The van der Waals surface area contributed by atoms with Crippen LogP contribution in [0.1, 0.15) is 6.92 Å². The molecule has 0 unspecified atom stereocenters. The first kappa shape index (κ1) is 11.7. The van der Waals surface area contributed by atoms with Gasteiger partial charge in [0.2, 0.25) is 0 Å². The van der Waals surface area contributed by atoms with Crippen LogP contribution >= 0.6 is 0 Å². The average Bonchev–Trinajstić information content (AvgIpc) is 2.77. The first-order valence-corrected chi connectivity index (χ1v) is 6.55. The number of rotatable bonds is 4. The quantitative estimate of drug-likeness (QED) is 0.776. The fourth-order valence-corrected chi connectivity index (χ4v) is 2.28. The Labute approximate surface area is 99.8 Å². The van der Waals surface area contributed by atoms with Gasteiger partial charge in [-0.15, -0.1) is 0 Å². The molecule has 2 aromatic rings. The third-order valence-electron chi connectivity index (χ3n) is 2.23. The Hall–Kier alpha value is -1.82. The standard InChI is InChI=1S/C11H12N2O3S/c1-2-13-9-8-12-11(13)16-17(14,15)10-6-4-3-5-7-10/h3-9H,2H2,1H3. The monoisotopic (exact) mass is 252 g/mol. The molecule has 0 aliphatic heterocycles. The van der Waals surface area contributed by atoms with E-state index in [1.54, 1.807) is 29.0 Å². The summed E-state index contributed by atoms with van der Waals surface area (Å²) in [5.74, 6) is 0. The van der Waals surface area contributed by atoms with Crippen LogP contribution in [0.25, 0.3) is 0 Å². The van der Waals surface area contributed by atoms with Gasteiger partial charge in [-0.3, -0.25) is 0 Å². The van der Waals surface area contributed by atoms with E-state index < -0.39 is 10.1 Å². The molecule has 6 heteroatoms. The van der Waals surface area contributed by atoms with Crippen LogP contribution in [-0.4, -0.2) is 18.0 Å². The number of imidazole rings is 1. The van der Waals surface area contributed by atoms with Crippen molar-refractivity contribution in [1.29, 1.82) is 0 Å². The van der Waals surface area contributed by atoms with Gasteiger partial charge in [0.05, 0.1) is 0 Å². The topological polar surface area (TPSA) is 61.2 Å². The number of hydrogen-bond donors (Lipinski definition) is 0. The number of aromatic nitrogens is 2. The molecule has 1 aromatic carbocycles. The van der Waals surface area contributed by atoms with Crippen molar-refractivity contribution < 1.29 is 12.6 Å². The molecule has 1 heterocycles. The van der Waals surface area contributed by atoms with Gasteiger partial charge in [-0.05, 0) is 19.1 Å². The Kier molecular flexibility index (Phi) is 3.14. The van der Waals surface area contributed by atoms with E-state index in [2.05, 4.69) is 4.98 Å². The zero-order valence-corrected chi connectivity index (χ0v) is 10.1. The fraction of sp³-hybridized carbons (Fsp3) is 0.182. The molecule has 0 saturated heterocycles. The summed E-state index contributed by atoms with van der Waals surface area (Å²) in [6.07, 6.45) is 3.16. The normalized spacial score (nSPS) is 11.4. The smallest absolute Gasteiger partial charge is 0.341 e. The summed E-state index contributed by atoms with van der Waals surface area (Å²) in [6, 6.07) is 8.07. The van der Waals surface area contributed by atoms with Crippen LogP contribution < -0.4 is 4.18 Å². The first-order chi connectivity index (χ1) is 8.13. The van der Waals surface area contributed by atoms with Crippen LogP contribution in [0.3, 0.4) is 0 Å². The summed E-state index contributed by atoms with van der Waals surface area (Å²) in [4.78, 5) is 3.98. The minimum atomic E-state index is -3.80. The van der Waals surface area contributed by atoms with Gasteiger partial charge in [0.25, 0.3) is 0 Å². The largest absolute Gasteiger partial charge is 0.341 e. The molecule has 0 aliphatic rings. The van der Waals surface area contributed by atoms with E-state index in [1.807, 2.05) is 6.92 Å². The highest BCUT2D eigenvalue weighted by Crippen LogP contribution is 2.16. The molecule has 5 nitrogen and oxygen atoms in total. The number of aryl methyl sites for hydroxylation is 1. The van der Waals surface area contributed by atoms with Crippen LogP contribution in [0.15, 0.2) is 47.6 Å². The minimum absolute atomic E-state index is 0.0800. The Bertz CT molecular complexity index is 590. The van der Waals surface area contributed by atoms with Crippen LogP contribution in [0.5, 0.6) is 6.01 Å². The van der Waals surface area contributed by atoms with Gasteiger partial charge in [0.15, 0.2) is 0 Å². The van der Waals surface area contributed by atoms with Gasteiger partial charge in [-0.1, -0.05) is 18.2 Å². The molecule has 0 radical (unpaired) electrons. The molecule has 0 saturated carbocycles. The minimum Gasteiger partial charge on any atom is -0.341 e. The van der Waals surface area contributed by atoms with Crippen molar-refractivity contribution in [3.63, 3.8) is 0 Å². The van der Waals surface area contributed by atoms with Crippen molar-refractivity contribution >= 4 is 10.1 Å². The molecule has 1 aromatic heterocycles.